The number of nitrogens with two attached hydrogens (primary N) is 1. The molecule has 0 spiro atoms. The van der Waals surface area contributed by atoms with Crippen LogP contribution in [0.4, 0.5) is 5.69 Å². The van der Waals surface area contributed by atoms with Gasteiger partial charge in [0.2, 0.25) is 5.91 Å². The van der Waals surface area contributed by atoms with Gasteiger partial charge in [0.25, 0.3) is 0 Å². The molecule has 0 atom stereocenters. The number of hydrogen-bond donors (Lipinski definition) is 3. The Morgan fingerprint density at radius 3 is 2.86 bits per heavy atom. The van der Waals surface area contributed by atoms with Crippen LogP contribution in [0.2, 0.25) is 0 Å². The van der Waals surface area contributed by atoms with E-state index in [2.05, 4.69) is 10.2 Å². The van der Waals surface area contributed by atoms with Crippen molar-refractivity contribution in [1.29, 1.82) is 0 Å². The van der Waals surface area contributed by atoms with Gasteiger partial charge in [-0.15, -0.1) is 0 Å². The van der Waals surface area contributed by atoms with E-state index in [4.69, 9.17) is 10.8 Å². The number of rotatable bonds is 9. The standard InChI is InChI=1S/C16H25N3O2/c17-12-13-3-1-4-14(11-13)18-16(21)5-2-8-19(9-10-20)15-6-7-15/h1,3-4,11,15,20H,2,5-10,12,17H2,(H,18,21). The zero-order chi connectivity index (χ0) is 15.1. The number of amides is 1. The molecule has 0 radical (unpaired) electrons. The first-order valence-electron chi connectivity index (χ1n) is 7.66. The highest BCUT2D eigenvalue weighted by molar-refractivity contribution is 5.90. The number of anilines is 1. The van der Waals surface area contributed by atoms with Crippen LogP contribution in [0, 0.1) is 0 Å². The second kappa shape index (κ2) is 8.12. The van der Waals surface area contributed by atoms with Gasteiger partial charge in [-0.25, -0.2) is 0 Å². The van der Waals surface area contributed by atoms with Crippen LogP contribution in [-0.4, -0.2) is 41.7 Å². The number of hydrogen-bond acceptors (Lipinski definition) is 4. The quantitative estimate of drug-likeness (QED) is 0.641. The van der Waals surface area contributed by atoms with E-state index in [0.29, 0.717) is 25.6 Å². The number of aliphatic hydroxyl groups excluding tert-OH is 1. The Morgan fingerprint density at radius 2 is 2.19 bits per heavy atom. The van der Waals surface area contributed by atoms with Crippen LogP contribution in [0.3, 0.4) is 0 Å². The van der Waals surface area contributed by atoms with Crippen LogP contribution in [0.15, 0.2) is 24.3 Å². The van der Waals surface area contributed by atoms with Gasteiger partial charge in [-0.1, -0.05) is 12.1 Å². The SMILES string of the molecule is NCc1cccc(NC(=O)CCCN(CCO)C2CC2)c1. The first-order chi connectivity index (χ1) is 10.2. The minimum absolute atomic E-state index is 0.0314. The molecule has 0 unspecified atom stereocenters. The van der Waals surface area contributed by atoms with Gasteiger partial charge >= 0.3 is 0 Å². The van der Waals surface area contributed by atoms with Gasteiger partial charge < -0.3 is 16.2 Å². The highest BCUT2D eigenvalue weighted by Gasteiger charge is 2.27. The smallest absolute Gasteiger partial charge is 0.224 e. The second-order valence-electron chi connectivity index (χ2n) is 5.55. The van der Waals surface area contributed by atoms with Gasteiger partial charge in [0.15, 0.2) is 0 Å². The molecule has 1 fully saturated rings. The molecule has 1 aliphatic carbocycles. The van der Waals surface area contributed by atoms with Gasteiger partial charge in [0.05, 0.1) is 6.61 Å². The maximum Gasteiger partial charge on any atom is 0.224 e. The summed E-state index contributed by atoms with van der Waals surface area (Å²) >= 11 is 0. The van der Waals surface area contributed by atoms with E-state index in [1.54, 1.807) is 0 Å². The van der Waals surface area contributed by atoms with E-state index < -0.39 is 0 Å². The summed E-state index contributed by atoms with van der Waals surface area (Å²) in [5.74, 6) is 0.0314. The van der Waals surface area contributed by atoms with Crippen molar-refractivity contribution in [3.8, 4) is 0 Å². The molecule has 0 aliphatic heterocycles. The molecule has 0 aromatic heterocycles. The Labute approximate surface area is 126 Å². The van der Waals surface area contributed by atoms with Crippen LogP contribution in [0.25, 0.3) is 0 Å². The lowest BCUT2D eigenvalue weighted by Gasteiger charge is -2.20. The van der Waals surface area contributed by atoms with Crippen molar-refractivity contribution >= 4 is 11.6 Å². The summed E-state index contributed by atoms with van der Waals surface area (Å²) in [5.41, 5.74) is 7.40. The van der Waals surface area contributed by atoms with Crippen molar-refractivity contribution in [2.75, 3.05) is 25.0 Å². The third kappa shape index (κ3) is 5.46. The van der Waals surface area contributed by atoms with Gasteiger partial charge in [-0.3, -0.25) is 9.69 Å². The van der Waals surface area contributed by atoms with Gasteiger partial charge in [-0.2, -0.15) is 0 Å². The number of carbonyl (C=O) groups excluding carboxylic acids is 1. The zero-order valence-electron chi connectivity index (χ0n) is 12.4. The molecule has 1 aromatic carbocycles. The largest absolute Gasteiger partial charge is 0.395 e. The van der Waals surface area contributed by atoms with Crippen molar-refractivity contribution in [1.82, 2.24) is 4.90 Å². The molecule has 2 rings (SSSR count). The summed E-state index contributed by atoms with van der Waals surface area (Å²) in [6, 6.07) is 8.24. The molecule has 5 nitrogen and oxygen atoms in total. The van der Waals surface area contributed by atoms with Crippen molar-refractivity contribution in [2.45, 2.75) is 38.3 Å². The molecule has 4 N–H and O–H groups in total. The molecular formula is C16H25N3O2. The third-order valence-corrected chi connectivity index (χ3v) is 3.75. The van der Waals surface area contributed by atoms with Gasteiger partial charge in [0.1, 0.15) is 0 Å². The highest BCUT2D eigenvalue weighted by Crippen LogP contribution is 2.26. The van der Waals surface area contributed by atoms with Gasteiger partial charge in [0, 0.05) is 31.2 Å². The maximum atomic E-state index is 11.9. The fourth-order valence-electron chi connectivity index (χ4n) is 2.49. The summed E-state index contributed by atoms with van der Waals surface area (Å²) in [6.45, 7) is 2.25. The molecule has 0 bridgehead atoms. The average Bonchev–Trinajstić information content (AvgIpc) is 3.31. The fourth-order valence-corrected chi connectivity index (χ4v) is 2.49. The topological polar surface area (TPSA) is 78.6 Å². The molecule has 5 heteroatoms. The predicted molar refractivity (Wildman–Crippen MR) is 83.9 cm³/mol. The Bertz CT molecular complexity index is 461. The van der Waals surface area contributed by atoms with E-state index in [1.807, 2.05) is 24.3 Å². The molecule has 1 amide bonds. The Kier molecular flexibility index (Phi) is 6.17. The van der Waals surface area contributed by atoms with E-state index in [0.717, 1.165) is 24.2 Å². The second-order valence-corrected chi connectivity index (χ2v) is 5.55. The molecular weight excluding hydrogens is 266 g/mol. The minimum Gasteiger partial charge on any atom is -0.395 e. The van der Waals surface area contributed by atoms with E-state index in [-0.39, 0.29) is 12.5 Å². The predicted octanol–water partition coefficient (Wildman–Crippen LogP) is 1.32. The number of nitrogens with zero attached hydrogens (tertiary/aromatic N) is 1. The van der Waals surface area contributed by atoms with Crippen LogP contribution < -0.4 is 11.1 Å². The molecule has 1 saturated carbocycles. The molecule has 116 valence electrons. The monoisotopic (exact) mass is 291 g/mol. The van der Waals surface area contributed by atoms with Crippen LogP contribution in [0.5, 0.6) is 0 Å². The summed E-state index contributed by atoms with van der Waals surface area (Å²) in [4.78, 5) is 14.2. The molecule has 1 aliphatic rings. The average molecular weight is 291 g/mol. The molecule has 1 aromatic rings. The normalized spacial score (nSPS) is 14.4. The summed E-state index contributed by atoms with van der Waals surface area (Å²) in [5, 5.41) is 11.9. The zero-order valence-corrected chi connectivity index (χ0v) is 12.4. The number of benzene rings is 1. The van der Waals surface area contributed by atoms with Crippen LogP contribution in [-0.2, 0) is 11.3 Å². The number of nitrogens with one attached hydrogen (secondary N) is 1. The summed E-state index contributed by atoms with van der Waals surface area (Å²) in [6.07, 6.45) is 3.76. The first-order valence-corrected chi connectivity index (χ1v) is 7.66. The summed E-state index contributed by atoms with van der Waals surface area (Å²) < 4.78 is 0. The van der Waals surface area contributed by atoms with Crippen LogP contribution in [0.1, 0.15) is 31.2 Å². The Balaban J connectivity index is 1.71. The van der Waals surface area contributed by atoms with Gasteiger partial charge in [-0.05, 0) is 43.5 Å². The van der Waals surface area contributed by atoms with E-state index in [9.17, 15) is 4.79 Å². The Morgan fingerprint density at radius 1 is 1.38 bits per heavy atom. The lowest BCUT2D eigenvalue weighted by molar-refractivity contribution is -0.116. The lowest BCUT2D eigenvalue weighted by atomic mass is 10.2. The number of aliphatic hydroxyl groups is 1. The first kappa shape index (κ1) is 15.9. The van der Waals surface area contributed by atoms with E-state index >= 15 is 0 Å². The molecule has 21 heavy (non-hydrogen) atoms. The molecule has 0 saturated heterocycles. The van der Waals surface area contributed by atoms with Crippen LogP contribution >= 0.6 is 0 Å². The van der Waals surface area contributed by atoms with Crippen molar-refractivity contribution < 1.29 is 9.90 Å². The lowest BCUT2D eigenvalue weighted by Crippen LogP contribution is -2.30. The Hall–Kier alpha value is -1.43. The fraction of sp³-hybridized carbons (Fsp3) is 0.562. The van der Waals surface area contributed by atoms with Crippen molar-refractivity contribution in [3.63, 3.8) is 0 Å². The highest BCUT2D eigenvalue weighted by atomic mass is 16.3. The maximum absolute atomic E-state index is 11.9. The van der Waals surface area contributed by atoms with E-state index in [1.165, 1.54) is 12.8 Å². The summed E-state index contributed by atoms with van der Waals surface area (Å²) in [7, 11) is 0. The number of carbonyl (C=O) groups is 1. The van der Waals surface area contributed by atoms with Crippen molar-refractivity contribution in [2.24, 2.45) is 5.73 Å². The minimum atomic E-state index is 0.0314. The third-order valence-electron chi connectivity index (χ3n) is 3.75. The van der Waals surface area contributed by atoms with Crippen molar-refractivity contribution in [3.05, 3.63) is 29.8 Å². The molecule has 0 heterocycles.